The normalized spacial score (nSPS) is 19.2. The highest BCUT2D eigenvalue weighted by Crippen LogP contribution is 2.37. The van der Waals surface area contributed by atoms with Crippen LogP contribution in [0, 0.1) is 6.92 Å². The summed E-state index contributed by atoms with van der Waals surface area (Å²) in [5, 5.41) is 1.22. The number of amides is 1. The number of benzene rings is 1. The van der Waals surface area contributed by atoms with E-state index in [4.69, 9.17) is 4.98 Å². The molecule has 1 fully saturated rings. The van der Waals surface area contributed by atoms with Gasteiger partial charge in [-0.25, -0.2) is 4.98 Å². The van der Waals surface area contributed by atoms with E-state index in [0.29, 0.717) is 5.16 Å². The fourth-order valence-electron chi connectivity index (χ4n) is 4.21. The molecule has 7 heteroatoms. The van der Waals surface area contributed by atoms with Gasteiger partial charge in [0.25, 0.3) is 5.56 Å². The minimum absolute atomic E-state index is 0.000413. The average Bonchev–Trinajstić information content (AvgIpc) is 3.24. The minimum Gasteiger partial charge on any atom is -0.345 e. The third-order valence-corrected chi connectivity index (χ3v) is 8.27. The third kappa shape index (κ3) is 3.20. The van der Waals surface area contributed by atoms with Gasteiger partial charge in [-0.15, -0.1) is 11.3 Å². The fraction of sp³-hybridized carbons (Fsp3) is 0.409. The molecule has 1 aliphatic heterocycles. The van der Waals surface area contributed by atoms with Crippen molar-refractivity contribution in [2.24, 2.45) is 0 Å². The quantitative estimate of drug-likeness (QED) is 0.596. The van der Waals surface area contributed by atoms with Gasteiger partial charge < -0.3 is 4.90 Å². The zero-order chi connectivity index (χ0) is 20.1. The van der Waals surface area contributed by atoms with Gasteiger partial charge in [0.05, 0.1) is 16.3 Å². The summed E-state index contributed by atoms with van der Waals surface area (Å²) in [7, 11) is 1.83. The molecule has 1 amide bonds. The molecule has 2 aliphatic rings. The van der Waals surface area contributed by atoms with Crippen molar-refractivity contribution < 1.29 is 4.79 Å². The highest BCUT2D eigenvalue weighted by atomic mass is 32.2. The van der Waals surface area contributed by atoms with Crippen LogP contribution < -0.4 is 5.56 Å². The zero-order valence-electron chi connectivity index (χ0n) is 16.6. The van der Waals surface area contributed by atoms with Crippen molar-refractivity contribution in [1.82, 2.24) is 14.5 Å². The van der Waals surface area contributed by atoms with Crippen molar-refractivity contribution in [3.63, 3.8) is 0 Å². The van der Waals surface area contributed by atoms with E-state index in [1.54, 1.807) is 20.8 Å². The van der Waals surface area contributed by atoms with Gasteiger partial charge in [0.2, 0.25) is 5.91 Å². The predicted octanol–water partition coefficient (Wildman–Crippen LogP) is 3.96. The summed E-state index contributed by atoms with van der Waals surface area (Å²) in [5.74, 6) is 0.116. The number of aromatic nitrogens is 2. The summed E-state index contributed by atoms with van der Waals surface area (Å²) in [6, 6.07) is 7.96. The van der Waals surface area contributed by atoms with Crippen LogP contribution in [0.5, 0.6) is 0 Å². The molecule has 1 aliphatic carbocycles. The molecule has 5 nitrogen and oxygen atoms in total. The number of fused-ring (bicyclic) bond motifs is 3. The summed E-state index contributed by atoms with van der Waals surface area (Å²) < 4.78 is 1.72. The molecule has 1 unspecified atom stereocenters. The van der Waals surface area contributed by atoms with Crippen LogP contribution in [0.1, 0.15) is 35.3 Å². The number of thioether (sulfide) groups is 1. The summed E-state index contributed by atoms with van der Waals surface area (Å²) in [4.78, 5) is 35.0. The van der Waals surface area contributed by atoms with Crippen molar-refractivity contribution in [3.8, 4) is 5.69 Å². The van der Waals surface area contributed by atoms with Gasteiger partial charge in [-0.2, -0.15) is 0 Å². The first kappa shape index (κ1) is 18.9. The Morgan fingerprint density at radius 2 is 1.90 bits per heavy atom. The first-order chi connectivity index (χ1) is 14.0. The minimum atomic E-state index is -0.185. The monoisotopic (exact) mass is 425 g/mol. The van der Waals surface area contributed by atoms with Gasteiger partial charge in [-0.05, 0) is 56.7 Å². The second-order valence-electron chi connectivity index (χ2n) is 7.92. The van der Waals surface area contributed by atoms with E-state index in [1.165, 1.54) is 28.6 Å². The first-order valence-corrected chi connectivity index (χ1v) is 11.8. The molecule has 0 saturated carbocycles. The fourth-order valence-corrected chi connectivity index (χ4v) is 6.72. The van der Waals surface area contributed by atoms with Crippen molar-refractivity contribution in [2.45, 2.75) is 49.4 Å². The molecular formula is C22H23N3O2S2. The zero-order valence-corrected chi connectivity index (χ0v) is 18.2. The van der Waals surface area contributed by atoms with Gasteiger partial charge in [-0.3, -0.25) is 14.2 Å². The molecule has 29 heavy (non-hydrogen) atoms. The van der Waals surface area contributed by atoms with Crippen LogP contribution in [0.25, 0.3) is 15.9 Å². The number of aryl methyl sites for hydroxylation is 3. The van der Waals surface area contributed by atoms with Crippen LogP contribution in [-0.2, 0) is 17.6 Å². The first-order valence-electron chi connectivity index (χ1n) is 10.1. The van der Waals surface area contributed by atoms with E-state index in [0.717, 1.165) is 53.7 Å². The van der Waals surface area contributed by atoms with Crippen molar-refractivity contribution >= 4 is 39.2 Å². The molecule has 1 aromatic carbocycles. The number of hydrogen-bond donors (Lipinski definition) is 0. The SMILES string of the molecule is Cc1ccc(-n2c(SC3CCN(C)C3=O)nc3sc4c(c3c2=O)CCCC4)cc1. The topological polar surface area (TPSA) is 55.2 Å². The Morgan fingerprint density at radius 1 is 1.14 bits per heavy atom. The van der Waals surface area contributed by atoms with Gasteiger partial charge >= 0.3 is 0 Å². The molecular weight excluding hydrogens is 402 g/mol. The predicted molar refractivity (Wildman–Crippen MR) is 118 cm³/mol. The number of rotatable bonds is 3. The summed E-state index contributed by atoms with van der Waals surface area (Å²) in [6.45, 7) is 2.78. The Kier molecular flexibility index (Phi) is 4.75. The van der Waals surface area contributed by atoms with E-state index in [2.05, 4.69) is 0 Å². The smallest absolute Gasteiger partial charge is 0.267 e. The Balaban J connectivity index is 1.71. The van der Waals surface area contributed by atoms with Gasteiger partial charge in [0.15, 0.2) is 5.16 Å². The lowest BCUT2D eigenvalue weighted by atomic mass is 9.97. The number of thiophene rings is 1. The van der Waals surface area contributed by atoms with Gasteiger partial charge in [0, 0.05) is 18.5 Å². The molecule has 0 N–H and O–H groups in total. The van der Waals surface area contributed by atoms with Crippen molar-refractivity contribution in [2.75, 3.05) is 13.6 Å². The second-order valence-corrected chi connectivity index (χ2v) is 10.2. The van der Waals surface area contributed by atoms with Crippen LogP contribution in [0.2, 0.25) is 0 Å². The molecule has 3 aromatic rings. The van der Waals surface area contributed by atoms with Crippen LogP contribution in [0.15, 0.2) is 34.2 Å². The number of likely N-dealkylation sites (tertiary alicyclic amines) is 1. The van der Waals surface area contributed by atoms with E-state index in [1.807, 2.05) is 38.2 Å². The maximum Gasteiger partial charge on any atom is 0.267 e. The van der Waals surface area contributed by atoms with Crippen LogP contribution >= 0.6 is 23.1 Å². The lowest BCUT2D eigenvalue weighted by Gasteiger charge is -2.15. The Morgan fingerprint density at radius 3 is 2.62 bits per heavy atom. The highest BCUT2D eigenvalue weighted by Gasteiger charge is 2.32. The van der Waals surface area contributed by atoms with Crippen molar-refractivity contribution in [3.05, 3.63) is 50.6 Å². The molecule has 0 bridgehead atoms. The molecule has 150 valence electrons. The Labute approximate surface area is 177 Å². The second kappa shape index (κ2) is 7.29. The van der Waals surface area contributed by atoms with Gasteiger partial charge in [0.1, 0.15) is 4.83 Å². The van der Waals surface area contributed by atoms with Crippen LogP contribution in [0.3, 0.4) is 0 Å². The maximum absolute atomic E-state index is 13.7. The molecule has 1 saturated heterocycles. The number of carbonyl (C=O) groups is 1. The lowest BCUT2D eigenvalue weighted by molar-refractivity contribution is -0.126. The van der Waals surface area contributed by atoms with E-state index in [-0.39, 0.29) is 16.7 Å². The third-order valence-electron chi connectivity index (χ3n) is 5.88. The molecule has 0 spiro atoms. The van der Waals surface area contributed by atoms with E-state index >= 15 is 0 Å². The summed E-state index contributed by atoms with van der Waals surface area (Å²) in [6.07, 6.45) is 5.08. The maximum atomic E-state index is 13.7. The molecule has 3 heterocycles. The Bertz CT molecular complexity index is 1160. The number of nitrogens with zero attached hydrogens (tertiary/aromatic N) is 3. The van der Waals surface area contributed by atoms with Crippen LogP contribution in [-0.4, -0.2) is 39.2 Å². The largest absolute Gasteiger partial charge is 0.345 e. The highest BCUT2D eigenvalue weighted by molar-refractivity contribution is 8.00. The van der Waals surface area contributed by atoms with Gasteiger partial charge in [-0.1, -0.05) is 29.5 Å². The molecule has 5 rings (SSSR count). The van der Waals surface area contributed by atoms with Crippen LogP contribution in [0.4, 0.5) is 0 Å². The van der Waals surface area contributed by atoms with Crippen molar-refractivity contribution in [1.29, 1.82) is 0 Å². The Hall–Kier alpha value is -2.12. The van der Waals surface area contributed by atoms with E-state index < -0.39 is 0 Å². The number of carbonyl (C=O) groups excluding carboxylic acids is 1. The summed E-state index contributed by atoms with van der Waals surface area (Å²) >= 11 is 3.09. The number of hydrogen-bond acceptors (Lipinski definition) is 5. The molecule has 1 atom stereocenters. The molecule has 0 radical (unpaired) electrons. The molecule has 2 aromatic heterocycles. The van der Waals surface area contributed by atoms with E-state index in [9.17, 15) is 9.59 Å². The average molecular weight is 426 g/mol. The summed E-state index contributed by atoms with van der Waals surface area (Å²) in [5.41, 5.74) is 3.15. The standard InChI is InChI=1S/C22H23N3O2S2/c1-13-7-9-14(10-8-13)25-21(27)18-15-5-3-4-6-16(15)28-19(18)23-22(25)29-17-11-12-24(2)20(17)26/h7-10,17H,3-6,11-12H2,1-2H3. The lowest BCUT2D eigenvalue weighted by Crippen LogP contribution is -2.26.